The van der Waals surface area contributed by atoms with Crippen LogP contribution in [0.15, 0.2) is 18.2 Å². The number of likely N-dealkylation sites (tertiary alicyclic amines) is 1. The van der Waals surface area contributed by atoms with E-state index in [0.29, 0.717) is 12.4 Å². The van der Waals surface area contributed by atoms with Gasteiger partial charge in [0.15, 0.2) is 0 Å². The summed E-state index contributed by atoms with van der Waals surface area (Å²) in [5.41, 5.74) is 0.874. The number of aryl methyl sites for hydroxylation is 1. The maximum atomic E-state index is 12.7. The van der Waals surface area contributed by atoms with Gasteiger partial charge in [-0.25, -0.2) is 4.98 Å². The van der Waals surface area contributed by atoms with E-state index in [0.717, 1.165) is 51.0 Å². The average Bonchev–Trinajstić information content (AvgIpc) is 2.62. The number of anilines is 1. The van der Waals surface area contributed by atoms with E-state index in [9.17, 15) is 9.59 Å². The van der Waals surface area contributed by atoms with Crippen molar-refractivity contribution in [3.63, 3.8) is 0 Å². The lowest BCUT2D eigenvalue weighted by molar-refractivity contribution is -0.139. The van der Waals surface area contributed by atoms with Gasteiger partial charge in [0.1, 0.15) is 5.82 Å². The van der Waals surface area contributed by atoms with Crippen LogP contribution in [0, 0.1) is 18.8 Å². The zero-order valence-corrected chi connectivity index (χ0v) is 14.3. The van der Waals surface area contributed by atoms with Crippen molar-refractivity contribution in [2.24, 2.45) is 11.8 Å². The fourth-order valence-electron chi connectivity index (χ4n) is 3.56. The third kappa shape index (κ3) is 4.12. The Bertz CT molecular complexity index is 598. The molecule has 1 atom stereocenters. The summed E-state index contributed by atoms with van der Waals surface area (Å²) in [6, 6.07) is 5.58. The first kappa shape index (κ1) is 16.9. The summed E-state index contributed by atoms with van der Waals surface area (Å²) >= 11 is 0. The number of carbonyl (C=O) groups excluding carboxylic acids is 2. The number of rotatable bonds is 3. The molecule has 1 unspecified atom stereocenters. The van der Waals surface area contributed by atoms with E-state index in [1.807, 2.05) is 24.0 Å². The Hall–Kier alpha value is -1.95. The molecule has 2 N–H and O–H groups in total. The second kappa shape index (κ2) is 7.75. The van der Waals surface area contributed by atoms with Crippen molar-refractivity contribution < 1.29 is 9.59 Å². The highest BCUT2D eigenvalue weighted by atomic mass is 16.2. The van der Waals surface area contributed by atoms with Gasteiger partial charge in [0.05, 0.1) is 5.92 Å². The summed E-state index contributed by atoms with van der Waals surface area (Å²) < 4.78 is 0. The molecule has 2 aliphatic rings. The van der Waals surface area contributed by atoms with Gasteiger partial charge in [0.2, 0.25) is 11.8 Å². The largest absolute Gasteiger partial charge is 0.342 e. The van der Waals surface area contributed by atoms with Crippen LogP contribution in [0.25, 0.3) is 0 Å². The van der Waals surface area contributed by atoms with Gasteiger partial charge in [-0.2, -0.15) is 0 Å². The normalized spacial score (nSPS) is 22.2. The van der Waals surface area contributed by atoms with Crippen LogP contribution < -0.4 is 10.6 Å². The zero-order valence-electron chi connectivity index (χ0n) is 14.3. The van der Waals surface area contributed by atoms with Gasteiger partial charge < -0.3 is 15.5 Å². The second-order valence-electron chi connectivity index (χ2n) is 6.80. The lowest BCUT2D eigenvalue weighted by atomic mass is 9.92. The summed E-state index contributed by atoms with van der Waals surface area (Å²) in [7, 11) is 0. The number of piperidine rings is 2. The molecular weight excluding hydrogens is 304 g/mol. The number of aromatic nitrogens is 1. The minimum absolute atomic E-state index is 0.0316. The van der Waals surface area contributed by atoms with Crippen molar-refractivity contribution in [3.8, 4) is 0 Å². The summed E-state index contributed by atoms with van der Waals surface area (Å²) in [5.74, 6) is 0.749. The van der Waals surface area contributed by atoms with Crippen LogP contribution in [0.1, 0.15) is 31.4 Å². The van der Waals surface area contributed by atoms with E-state index in [4.69, 9.17) is 0 Å². The third-order valence-corrected chi connectivity index (χ3v) is 4.93. The van der Waals surface area contributed by atoms with Crippen molar-refractivity contribution in [2.75, 3.05) is 31.5 Å². The molecule has 2 saturated heterocycles. The molecule has 0 radical (unpaired) electrons. The molecule has 3 heterocycles. The number of pyridine rings is 1. The monoisotopic (exact) mass is 330 g/mol. The minimum atomic E-state index is -0.147. The Morgan fingerprint density at radius 3 is 2.75 bits per heavy atom. The highest BCUT2D eigenvalue weighted by Crippen LogP contribution is 2.22. The topological polar surface area (TPSA) is 74.3 Å². The molecule has 2 amide bonds. The first-order chi connectivity index (χ1) is 11.6. The Morgan fingerprint density at radius 1 is 1.21 bits per heavy atom. The quantitative estimate of drug-likeness (QED) is 0.882. The lowest BCUT2D eigenvalue weighted by Gasteiger charge is -2.35. The molecule has 24 heavy (non-hydrogen) atoms. The maximum Gasteiger partial charge on any atom is 0.230 e. The van der Waals surface area contributed by atoms with Crippen LogP contribution in [0.4, 0.5) is 5.82 Å². The van der Waals surface area contributed by atoms with Crippen LogP contribution in [0.5, 0.6) is 0 Å². The van der Waals surface area contributed by atoms with E-state index >= 15 is 0 Å². The van der Waals surface area contributed by atoms with Crippen LogP contribution >= 0.6 is 0 Å². The van der Waals surface area contributed by atoms with Gasteiger partial charge >= 0.3 is 0 Å². The SMILES string of the molecule is Cc1cccc(NC(=O)C2CCCN(C(=O)C3CCNCC3)C2)n1. The number of nitrogens with zero attached hydrogens (tertiary/aromatic N) is 2. The van der Waals surface area contributed by atoms with Gasteiger partial charge in [-0.05, 0) is 57.8 Å². The number of hydrogen-bond donors (Lipinski definition) is 2. The summed E-state index contributed by atoms with van der Waals surface area (Å²) in [6.45, 7) is 5.02. The van der Waals surface area contributed by atoms with Crippen molar-refractivity contribution in [1.82, 2.24) is 15.2 Å². The highest BCUT2D eigenvalue weighted by molar-refractivity contribution is 5.92. The summed E-state index contributed by atoms with van der Waals surface area (Å²) in [5, 5.41) is 6.18. The third-order valence-electron chi connectivity index (χ3n) is 4.93. The Morgan fingerprint density at radius 2 is 2.00 bits per heavy atom. The maximum absolute atomic E-state index is 12.7. The zero-order chi connectivity index (χ0) is 16.9. The predicted molar refractivity (Wildman–Crippen MR) is 92.5 cm³/mol. The van der Waals surface area contributed by atoms with E-state index in [-0.39, 0.29) is 23.7 Å². The molecule has 0 spiro atoms. The molecule has 0 aliphatic carbocycles. The van der Waals surface area contributed by atoms with Gasteiger partial charge in [-0.3, -0.25) is 9.59 Å². The molecule has 3 rings (SSSR count). The summed E-state index contributed by atoms with van der Waals surface area (Å²) in [6.07, 6.45) is 3.52. The van der Waals surface area contributed by atoms with E-state index in [1.165, 1.54) is 0 Å². The van der Waals surface area contributed by atoms with Crippen molar-refractivity contribution >= 4 is 17.6 Å². The molecule has 0 aromatic carbocycles. The molecule has 6 heteroatoms. The first-order valence-electron chi connectivity index (χ1n) is 8.87. The van der Waals surface area contributed by atoms with Gasteiger partial charge in [0, 0.05) is 24.7 Å². The lowest BCUT2D eigenvalue weighted by Crippen LogP contribution is -2.47. The Labute approximate surface area is 143 Å². The fourth-order valence-corrected chi connectivity index (χ4v) is 3.56. The van der Waals surface area contributed by atoms with Gasteiger partial charge in [-0.1, -0.05) is 6.07 Å². The molecule has 2 fully saturated rings. The average molecular weight is 330 g/mol. The number of carbonyl (C=O) groups is 2. The molecule has 0 saturated carbocycles. The number of nitrogens with one attached hydrogen (secondary N) is 2. The Kier molecular flexibility index (Phi) is 5.45. The van der Waals surface area contributed by atoms with Crippen molar-refractivity contribution in [3.05, 3.63) is 23.9 Å². The van der Waals surface area contributed by atoms with Crippen LogP contribution in [-0.2, 0) is 9.59 Å². The molecule has 2 aliphatic heterocycles. The Balaban J connectivity index is 1.58. The van der Waals surface area contributed by atoms with Gasteiger partial charge in [0.25, 0.3) is 0 Å². The molecule has 1 aromatic rings. The number of amides is 2. The minimum Gasteiger partial charge on any atom is -0.342 e. The smallest absolute Gasteiger partial charge is 0.230 e. The molecular formula is C18H26N4O2. The summed E-state index contributed by atoms with van der Waals surface area (Å²) in [4.78, 5) is 31.4. The molecule has 1 aromatic heterocycles. The number of hydrogen-bond acceptors (Lipinski definition) is 4. The molecule has 0 bridgehead atoms. The van der Waals surface area contributed by atoms with E-state index < -0.39 is 0 Å². The van der Waals surface area contributed by atoms with E-state index in [2.05, 4.69) is 15.6 Å². The second-order valence-corrected chi connectivity index (χ2v) is 6.80. The standard InChI is InChI=1S/C18H26N4O2/c1-13-4-2-6-16(20-13)21-17(23)15-5-3-11-22(12-15)18(24)14-7-9-19-10-8-14/h2,4,6,14-15,19H,3,5,7-12H2,1H3,(H,20,21,23). The van der Waals surface area contributed by atoms with E-state index in [1.54, 1.807) is 6.07 Å². The van der Waals surface area contributed by atoms with Gasteiger partial charge in [-0.15, -0.1) is 0 Å². The molecule has 130 valence electrons. The van der Waals surface area contributed by atoms with Crippen LogP contribution in [-0.4, -0.2) is 47.9 Å². The van der Waals surface area contributed by atoms with Crippen molar-refractivity contribution in [1.29, 1.82) is 0 Å². The first-order valence-corrected chi connectivity index (χ1v) is 8.87. The fraction of sp³-hybridized carbons (Fsp3) is 0.611. The van der Waals surface area contributed by atoms with Crippen LogP contribution in [0.2, 0.25) is 0 Å². The van der Waals surface area contributed by atoms with Crippen LogP contribution in [0.3, 0.4) is 0 Å². The highest BCUT2D eigenvalue weighted by Gasteiger charge is 2.32. The van der Waals surface area contributed by atoms with Crippen molar-refractivity contribution in [2.45, 2.75) is 32.6 Å². The molecule has 6 nitrogen and oxygen atoms in total. The predicted octanol–water partition coefficient (Wildman–Crippen LogP) is 1.57.